The van der Waals surface area contributed by atoms with Gasteiger partial charge in [-0.3, -0.25) is 10.1 Å². The maximum Gasteiger partial charge on any atom is 0.332 e. The fourth-order valence-corrected chi connectivity index (χ4v) is 3.44. The summed E-state index contributed by atoms with van der Waals surface area (Å²) in [6.07, 6.45) is 0. The molecule has 0 bridgehead atoms. The zero-order chi connectivity index (χ0) is 14.5. The van der Waals surface area contributed by atoms with E-state index >= 15 is 0 Å². The van der Waals surface area contributed by atoms with Gasteiger partial charge in [0, 0.05) is 19.4 Å². The van der Waals surface area contributed by atoms with Crippen molar-refractivity contribution in [1.29, 1.82) is 0 Å². The van der Waals surface area contributed by atoms with E-state index in [0.717, 1.165) is 27.9 Å². The smallest absolute Gasteiger partial charge is 0.332 e. The average Bonchev–Trinajstić information content (AvgIpc) is 2.96. The van der Waals surface area contributed by atoms with Crippen molar-refractivity contribution in [3.05, 3.63) is 11.1 Å². The molecule has 0 atom stereocenters. The predicted octanol–water partition coefficient (Wildman–Crippen LogP) is 2.01. The first-order valence-electron chi connectivity index (χ1n) is 6.09. The Morgan fingerprint density at radius 1 is 1.55 bits per heavy atom. The van der Waals surface area contributed by atoms with Crippen molar-refractivity contribution in [2.75, 3.05) is 30.9 Å². The number of ether oxygens (including phenoxy) is 1. The third-order valence-corrected chi connectivity index (χ3v) is 4.40. The van der Waals surface area contributed by atoms with Crippen LogP contribution in [0.5, 0.6) is 0 Å². The van der Waals surface area contributed by atoms with Gasteiger partial charge in [0.05, 0.1) is 17.2 Å². The third kappa shape index (κ3) is 3.75. The van der Waals surface area contributed by atoms with Crippen LogP contribution in [0.1, 0.15) is 12.6 Å². The Hall–Kier alpha value is -1.51. The maximum atomic E-state index is 11.0. The summed E-state index contributed by atoms with van der Waals surface area (Å²) < 4.78 is 4.99. The predicted molar refractivity (Wildman–Crippen MR) is 81.4 cm³/mol. The molecule has 108 valence electrons. The molecule has 0 fully saturated rings. The quantitative estimate of drug-likeness (QED) is 0.800. The topological polar surface area (TPSA) is 77.4 Å². The molecule has 0 spiro atoms. The molecule has 1 amide bonds. The highest BCUT2D eigenvalue weighted by atomic mass is 32.1. The van der Waals surface area contributed by atoms with Crippen LogP contribution in [0.4, 0.5) is 10.3 Å². The molecule has 20 heavy (non-hydrogen) atoms. The molecule has 0 aliphatic rings. The van der Waals surface area contributed by atoms with Gasteiger partial charge in [-0.15, -0.1) is 0 Å². The van der Waals surface area contributed by atoms with E-state index in [9.17, 15) is 4.79 Å². The second-order valence-electron chi connectivity index (χ2n) is 4.14. The number of anilines is 2. The highest BCUT2D eigenvalue weighted by Gasteiger charge is 2.16. The molecule has 2 rings (SSSR count). The standard InChI is InChI=1S/C12H16N4O2S2/c1-7-10(20-12(14-7)15-8(2)17)9-6-19-11(16-9)13-4-5-18-3/h6H,4-5H2,1-3H3,(H,13,16)(H,14,15,17)/p+1. The summed E-state index contributed by atoms with van der Waals surface area (Å²) in [5, 5.41) is 9.59. The number of aromatic amines is 1. The molecule has 2 aromatic heterocycles. The largest absolute Gasteiger partial charge is 0.381 e. The van der Waals surface area contributed by atoms with Crippen LogP contribution in [0.15, 0.2) is 5.38 Å². The highest BCUT2D eigenvalue weighted by Crippen LogP contribution is 2.32. The van der Waals surface area contributed by atoms with Gasteiger partial charge in [0.15, 0.2) is 10.8 Å². The van der Waals surface area contributed by atoms with Gasteiger partial charge >= 0.3 is 5.13 Å². The average molecular weight is 313 g/mol. The number of hydrogen-bond donors (Lipinski definition) is 2. The Morgan fingerprint density at radius 2 is 2.35 bits per heavy atom. The lowest BCUT2D eigenvalue weighted by Crippen LogP contribution is -2.14. The van der Waals surface area contributed by atoms with Crippen molar-refractivity contribution in [3.63, 3.8) is 0 Å². The van der Waals surface area contributed by atoms with E-state index in [2.05, 4.69) is 20.6 Å². The lowest BCUT2D eigenvalue weighted by molar-refractivity contribution is -0.341. The fraction of sp³-hybridized carbons (Fsp3) is 0.417. The summed E-state index contributed by atoms with van der Waals surface area (Å²) in [7, 11) is 1.68. The van der Waals surface area contributed by atoms with E-state index < -0.39 is 0 Å². The van der Waals surface area contributed by atoms with Crippen LogP contribution in [0.2, 0.25) is 0 Å². The Balaban J connectivity index is 2.11. The zero-order valence-corrected chi connectivity index (χ0v) is 13.2. The molecule has 0 unspecified atom stereocenters. The number of aromatic nitrogens is 2. The van der Waals surface area contributed by atoms with Gasteiger partial charge in [0.1, 0.15) is 6.54 Å². The molecule has 0 aliphatic heterocycles. The second kappa shape index (κ2) is 6.78. The van der Waals surface area contributed by atoms with Crippen LogP contribution in [0, 0.1) is 6.92 Å². The summed E-state index contributed by atoms with van der Waals surface area (Å²) in [6, 6.07) is 0. The zero-order valence-electron chi connectivity index (χ0n) is 11.6. The van der Waals surface area contributed by atoms with Crippen LogP contribution in [0.25, 0.3) is 10.6 Å². The van der Waals surface area contributed by atoms with Crippen LogP contribution < -0.4 is 15.6 Å². The molecule has 0 aromatic carbocycles. The van der Waals surface area contributed by atoms with Crippen molar-refractivity contribution < 1.29 is 14.5 Å². The Morgan fingerprint density at radius 3 is 3.05 bits per heavy atom. The van der Waals surface area contributed by atoms with Gasteiger partial charge in [0.25, 0.3) is 0 Å². The van der Waals surface area contributed by atoms with Gasteiger partial charge in [-0.25, -0.2) is 9.97 Å². The molecule has 6 nitrogen and oxygen atoms in total. The summed E-state index contributed by atoms with van der Waals surface area (Å²) in [5.74, 6) is -0.110. The van der Waals surface area contributed by atoms with Gasteiger partial charge < -0.3 is 10.1 Å². The summed E-state index contributed by atoms with van der Waals surface area (Å²) in [4.78, 5) is 19.7. The monoisotopic (exact) mass is 313 g/mol. The minimum atomic E-state index is -0.110. The van der Waals surface area contributed by atoms with Gasteiger partial charge in [-0.2, -0.15) is 0 Å². The first kappa shape index (κ1) is 14.9. The number of thiazole rings is 2. The minimum Gasteiger partial charge on any atom is -0.381 e. The molecule has 2 aromatic rings. The molecule has 0 aliphatic carbocycles. The molecule has 0 saturated heterocycles. The fourth-order valence-electron chi connectivity index (χ4n) is 1.61. The minimum absolute atomic E-state index is 0.110. The van der Waals surface area contributed by atoms with E-state index in [4.69, 9.17) is 4.74 Å². The van der Waals surface area contributed by atoms with Crippen molar-refractivity contribution in [1.82, 2.24) is 4.98 Å². The SMILES string of the molecule is COCCNc1[nH+]c(-c2sc(NC(C)=O)nc2C)cs1. The van der Waals surface area contributed by atoms with E-state index in [0.29, 0.717) is 11.7 Å². The van der Waals surface area contributed by atoms with Crippen molar-refractivity contribution >= 4 is 38.8 Å². The van der Waals surface area contributed by atoms with E-state index in [-0.39, 0.29) is 5.91 Å². The van der Waals surface area contributed by atoms with Crippen LogP contribution in [0.3, 0.4) is 0 Å². The van der Waals surface area contributed by atoms with E-state index in [1.54, 1.807) is 18.4 Å². The number of aryl methyl sites for hydroxylation is 1. The first-order chi connectivity index (χ1) is 9.60. The first-order valence-corrected chi connectivity index (χ1v) is 7.78. The summed E-state index contributed by atoms with van der Waals surface area (Å²) in [5.41, 5.74) is 1.90. The number of nitrogens with one attached hydrogen (secondary N) is 3. The normalized spacial score (nSPS) is 10.6. The van der Waals surface area contributed by atoms with Crippen molar-refractivity contribution in [2.45, 2.75) is 13.8 Å². The Bertz CT molecular complexity index is 594. The number of carbonyl (C=O) groups excluding carboxylic acids is 1. The molecule has 3 N–H and O–H groups in total. The third-order valence-electron chi connectivity index (χ3n) is 2.46. The van der Waals surface area contributed by atoms with Gasteiger partial charge in [-0.05, 0) is 6.92 Å². The number of rotatable bonds is 6. The van der Waals surface area contributed by atoms with Gasteiger partial charge in [-0.1, -0.05) is 22.7 Å². The van der Waals surface area contributed by atoms with Crippen molar-refractivity contribution in [3.8, 4) is 10.6 Å². The number of hydrogen-bond acceptors (Lipinski definition) is 6. The Labute approximate surface area is 125 Å². The molecule has 8 heteroatoms. The number of nitrogens with zero attached hydrogens (tertiary/aromatic N) is 1. The molecule has 0 radical (unpaired) electrons. The molecule has 0 saturated carbocycles. The molecule has 2 heterocycles. The summed E-state index contributed by atoms with van der Waals surface area (Å²) in [6.45, 7) is 4.82. The lowest BCUT2D eigenvalue weighted by Gasteiger charge is -1.94. The molecular weight excluding hydrogens is 296 g/mol. The van der Waals surface area contributed by atoms with E-state index in [1.807, 2.05) is 12.3 Å². The lowest BCUT2D eigenvalue weighted by atomic mass is 10.3. The second-order valence-corrected chi connectivity index (χ2v) is 6.02. The van der Waals surface area contributed by atoms with Crippen molar-refractivity contribution in [2.24, 2.45) is 0 Å². The van der Waals surface area contributed by atoms with Crippen LogP contribution in [-0.2, 0) is 9.53 Å². The van der Waals surface area contributed by atoms with Crippen LogP contribution >= 0.6 is 22.7 Å². The molecular formula is C12H17N4O2S2+. The van der Waals surface area contributed by atoms with Gasteiger partial charge in [0.2, 0.25) is 5.91 Å². The van der Waals surface area contributed by atoms with E-state index in [1.165, 1.54) is 18.3 Å². The number of H-pyrrole nitrogens is 1. The maximum absolute atomic E-state index is 11.0. The highest BCUT2D eigenvalue weighted by molar-refractivity contribution is 7.19. The number of carbonyl (C=O) groups is 1. The summed E-state index contributed by atoms with van der Waals surface area (Å²) >= 11 is 3.06. The van der Waals surface area contributed by atoms with Crippen LogP contribution in [-0.4, -0.2) is 31.2 Å². The number of amides is 1. The Kier molecular flexibility index (Phi) is 5.05. The number of methoxy groups -OCH3 is 1.